The zero-order chi connectivity index (χ0) is 17.4. The molecule has 3 heterocycles. The van der Waals surface area contributed by atoms with Gasteiger partial charge in [0.15, 0.2) is 14.9 Å². The van der Waals surface area contributed by atoms with Gasteiger partial charge in [-0.3, -0.25) is 0 Å². The first-order valence-electron chi connectivity index (χ1n) is 7.37. The summed E-state index contributed by atoms with van der Waals surface area (Å²) in [6.07, 6.45) is 2.49. The lowest BCUT2D eigenvalue weighted by molar-refractivity contribution is 0.432. The predicted octanol–water partition coefficient (Wildman–Crippen LogP) is 2.75. The molecule has 0 aliphatic heterocycles. The summed E-state index contributed by atoms with van der Waals surface area (Å²) in [7, 11) is -3.35. The molecule has 0 amide bonds. The van der Waals surface area contributed by atoms with Crippen molar-refractivity contribution in [2.45, 2.75) is 5.03 Å². The molecule has 3 aromatic heterocycles. The molecule has 0 radical (unpaired) electrons. The Morgan fingerprint density at radius 2 is 1.80 bits per heavy atom. The van der Waals surface area contributed by atoms with Gasteiger partial charge in [0.2, 0.25) is 5.82 Å². The van der Waals surface area contributed by atoms with Crippen molar-refractivity contribution in [2.75, 3.05) is 6.26 Å². The maximum atomic E-state index is 11.5. The molecule has 4 rings (SSSR count). The summed E-state index contributed by atoms with van der Waals surface area (Å²) in [6.45, 7) is 0. The molecule has 0 unspecified atom stereocenters. The average Bonchev–Trinajstić information content (AvgIpc) is 3.11. The second kappa shape index (κ2) is 5.75. The number of pyridine rings is 2. The Labute approximate surface area is 143 Å². The van der Waals surface area contributed by atoms with Gasteiger partial charge < -0.3 is 4.52 Å². The number of sulfone groups is 1. The van der Waals surface area contributed by atoms with Crippen LogP contribution in [0.3, 0.4) is 0 Å². The van der Waals surface area contributed by atoms with Gasteiger partial charge in [-0.05, 0) is 24.3 Å². The largest absolute Gasteiger partial charge is 0.333 e. The summed E-state index contributed by atoms with van der Waals surface area (Å²) in [5.74, 6) is 0.602. The molecule has 0 spiro atoms. The van der Waals surface area contributed by atoms with Crippen molar-refractivity contribution in [2.24, 2.45) is 0 Å². The lowest BCUT2D eigenvalue weighted by Gasteiger charge is -1.98. The maximum absolute atomic E-state index is 11.5. The van der Waals surface area contributed by atoms with Crippen molar-refractivity contribution in [3.05, 3.63) is 54.7 Å². The van der Waals surface area contributed by atoms with Gasteiger partial charge in [-0.15, -0.1) is 0 Å². The first kappa shape index (κ1) is 15.4. The highest BCUT2D eigenvalue weighted by Crippen LogP contribution is 2.23. The van der Waals surface area contributed by atoms with Crippen LogP contribution in [0.25, 0.3) is 33.9 Å². The van der Waals surface area contributed by atoms with Gasteiger partial charge in [-0.1, -0.05) is 29.4 Å². The minimum atomic E-state index is -3.35. The number of fused-ring (bicyclic) bond motifs is 1. The summed E-state index contributed by atoms with van der Waals surface area (Å²) in [5, 5.41) is 4.96. The SMILES string of the molecule is CS(=O)(=O)c1ccc(-c2nc(-c3ccc4ccccc4n3)no2)cn1. The minimum absolute atomic E-state index is 0.00724. The van der Waals surface area contributed by atoms with E-state index in [1.807, 2.05) is 36.4 Å². The van der Waals surface area contributed by atoms with Crippen molar-refractivity contribution < 1.29 is 12.9 Å². The van der Waals surface area contributed by atoms with Gasteiger partial charge in [0, 0.05) is 17.8 Å². The van der Waals surface area contributed by atoms with Crippen molar-refractivity contribution in [1.29, 1.82) is 0 Å². The quantitative estimate of drug-likeness (QED) is 0.559. The zero-order valence-corrected chi connectivity index (χ0v) is 13.9. The molecule has 0 fully saturated rings. The topological polar surface area (TPSA) is 98.8 Å². The van der Waals surface area contributed by atoms with Crippen molar-refractivity contribution in [3.63, 3.8) is 0 Å². The van der Waals surface area contributed by atoms with Crippen LogP contribution >= 0.6 is 0 Å². The Morgan fingerprint density at radius 1 is 0.960 bits per heavy atom. The van der Waals surface area contributed by atoms with E-state index < -0.39 is 9.84 Å². The van der Waals surface area contributed by atoms with Gasteiger partial charge in [0.25, 0.3) is 5.89 Å². The van der Waals surface area contributed by atoms with Gasteiger partial charge in [-0.25, -0.2) is 18.4 Å². The fraction of sp³-hybridized carbons (Fsp3) is 0.0588. The Balaban J connectivity index is 1.69. The van der Waals surface area contributed by atoms with E-state index in [2.05, 4.69) is 20.1 Å². The number of para-hydroxylation sites is 1. The fourth-order valence-corrected chi connectivity index (χ4v) is 2.92. The molecule has 0 aliphatic rings. The van der Waals surface area contributed by atoms with Crippen LogP contribution in [0, 0.1) is 0 Å². The molecule has 124 valence electrons. The van der Waals surface area contributed by atoms with Crippen LogP contribution in [0.15, 0.2) is 64.3 Å². The molecular weight excluding hydrogens is 340 g/mol. The molecule has 1 aromatic carbocycles. The molecule has 0 N–H and O–H groups in total. The molecule has 0 atom stereocenters. The summed E-state index contributed by atoms with van der Waals surface area (Å²) >= 11 is 0. The molecule has 8 heteroatoms. The number of aromatic nitrogens is 4. The number of benzene rings is 1. The van der Waals surface area contributed by atoms with Gasteiger partial charge in [0.1, 0.15) is 5.69 Å². The average molecular weight is 352 g/mol. The second-order valence-electron chi connectivity index (χ2n) is 5.47. The van der Waals surface area contributed by atoms with Crippen LogP contribution in [0.4, 0.5) is 0 Å². The molecule has 25 heavy (non-hydrogen) atoms. The van der Waals surface area contributed by atoms with E-state index in [9.17, 15) is 8.42 Å². The van der Waals surface area contributed by atoms with Crippen LogP contribution in [0.1, 0.15) is 0 Å². The van der Waals surface area contributed by atoms with Gasteiger partial charge >= 0.3 is 0 Å². The predicted molar refractivity (Wildman–Crippen MR) is 91.4 cm³/mol. The summed E-state index contributed by atoms with van der Waals surface area (Å²) in [4.78, 5) is 12.8. The van der Waals surface area contributed by atoms with Crippen molar-refractivity contribution in [3.8, 4) is 23.0 Å². The molecule has 0 bridgehead atoms. The fourth-order valence-electron chi connectivity index (χ4n) is 2.36. The van der Waals surface area contributed by atoms with Crippen LogP contribution in [-0.2, 0) is 9.84 Å². The Kier molecular flexibility index (Phi) is 3.54. The van der Waals surface area contributed by atoms with E-state index in [1.165, 1.54) is 12.3 Å². The first-order chi connectivity index (χ1) is 12.0. The molecule has 7 nitrogen and oxygen atoms in total. The highest BCUT2D eigenvalue weighted by Gasteiger charge is 2.14. The highest BCUT2D eigenvalue weighted by molar-refractivity contribution is 7.90. The van der Waals surface area contributed by atoms with Crippen molar-refractivity contribution >= 4 is 20.7 Å². The third-order valence-electron chi connectivity index (χ3n) is 3.62. The smallest absolute Gasteiger partial charge is 0.259 e. The van der Waals surface area contributed by atoms with Gasteiger partial charge in [-0.2, -0.15) is 4.98 Å². The maximum Gasteiger partial charge on any atom is 0.259 e. The highest BCUT2D eigenvalue weighted by atomic mass is 32.2. The van der Waals surface area contributed by atoms with E-state index in [1.54, 1.807) is 6.07 Å². The van der Waals surface area contributed by atoms with Crippen LogP contribution in [0.5, 0.6) is 0 Å². The first-order valence-corrected chi connectivity index (χ1v) is 9.26. The van der Waals surface area contributed by atoms with E-state index >= 15 is 0 Å². The van der Waals surface area contributed by atoms with Crippen LogP contribution < -0.4 is 0 Å². The minimum Gasteiger partial charge on any atom is -0.333 e. The number of hydrogen-bond donors (Lipinski definition) is 0. The number of hydrogen-bond acceptors (Lipinski definition) is 7. The molecule has 0 saturated carbocycles. The van der Waals surface area contributed by atoms with Gasteiger partial charge in [0.05, 0.1) is 11.1 Å². The Morgan fingerprint density at radius 3 is 2.56 bits per heavy atom. The normalized spacial score (nSPS) is 11.7. The molecular formula is C17H12N4O3S. The van der Waals surface area contributed by atoms with Crippen LogP contribution in [0.2, 0.25) is 0 Å². The Bertz CT molecular complexity index is 1170. The second-order valence-corrected chi connectivity index (χ2v) is 7.43. The molecule has 0 aliphatic carbocycles. The van der Waals surface area contributed by atoms with E-state index in [-0.39, 0.29) is 10.9 Å². The van der Waals surface area contributed by atoms with E-state index in [0.29, 0.717) is 17.1 Å². The van der Waals surface area contributed by atoms with E-state index in [4.69, 9.17) is 4.52 Å². The third-order valence-corrected chi connectivity index (χ3v) is 4.62. The van der Waals surface area contributed by atoms with E-state index in [0.717, 1.165) is 17.2 Å². The van der Waals surface area contributed by atoms with Crippen molar-refractivity contribution in [1.82, 2.24) is 20.1 Å². The number of rotatable bonds is 3. The molecule has 4 aromatic rings. The Hall–Kier alpha value is -3.13. The molecule has 0 saturated heterocycles. The summed E-state index contributed by atoms with van der Waals surface area (Å²) < 4.78 is 28.2. The summed E-state index contributed by atoms with van der Waals surface area (Å²) in [6, 6.07) is 14.5. The lowest BCUT2D eigenvalue weighted by Crippen LogP contribution is -1.99. The monoisotopic (exact) mass is 352 g/mol. The standard InChI is InChI=1S/C17H12N4O3S/c1-25(22,23)15-9-7-12(10-18-15)17-20-16(21-24-17)14-8-6-11-4-2-3-5-13(11)19-14/h2-10H,1H3. The third kappa shape index (κ3) is 2.99. The zero-order valence-electron chi connectivity index (χ0n) is 13.1. The number of nitrogens with zero attached hydrogens (tertiary/aromatic N) is 4. The lowest BCUT2D eigenvalue weighted by atomic mass is 10.2. The van der Waals surface area contributed by atoms with Crippen LogP contribution in [-0.4, -0.2) is 34.8 Å². The summed E-state index contributed by atoms with van der Waals surface area (Å²) in [5.41, 5.74) is 1.96.